The summed E-state index contributed by atoms with van der Waals surface area (Å²) in [5.41, 5.74) is 3.05. The smallest absolute Gasteiger partial charge is 0.280 e. The molecule has 0 unspecified atom stereocenters. The van der Waals surface area contributed by atoms with Crippen LogP contribution in [-0.2, 0) is 5.75 Å². The molecule has 3 aromatic rings. The number of halogens is 1. The van der Waals surface area contributed by atoms with E-state index < -0.39 is 0 Å². The number of hydrogen-bond donors (Lipinski definition) is 0. The first-order valence-corrected chi connectivity index (χ1v) is 8.52. The van der Waals surface area contributed by atoms with Crippen LogP contribution in [0.4, 0.5) is 0 Å². The molecule has 0 radical (unpaired) electrons. The third-order valence-electron chi connectivity index (χ3n) is 3.41. The molecule has 1 aromatic heterocycles. The molecule has 2 aromatic carbocycles. The summed E-state index contributed by atoms with van der Waals surface area (Å²) in [6, 6.07) is 15.5. The molecule has 0 fully saturated rings. The van der Waals surface area contributed by atoms with Gasteiger partial charge in [0.25, 0.3) is 5.56 Å². The molecule has 0 saturated carbocycles. The van der Waals surface area contributed by atoms with E-state index in [9.17, 15) is 4.79 Å². The minimum atomic E-state index is -0.119. The van der Waals surface area contributed by atoms with Gasteiger partial charge in [0.15, 0.2) is 5.03 Å². The third kappa shape index (κ3) is 3.84. The summed E-state index contributed by atoms with van der Waals surface area (Å²) in [4.78, 5) is 16.8. The molecule has 5 heteroatoms. The van der Waals surface area contributed by atoms with Gasteiger partial charge in [-0.3, -0.25) is 9.36 Å². The quantitative estimate of drug-likeness (QED) is 0.655. The summed E-state index contributed by atoms with van der Waals surface area (Å²) >= 11 is 7.34. The fourth-order valence-corrected chi connectivity index (χ4v) is 3.11. The fourth-order valence-electron chi connectivity index (χ4n) is 2.13. The largest absolute Gasteiger partial charge is 0.287 e. The van der Waals surface area contributed by atoms with Gasteiger partial charge in [0, 0.05) is 28.9 Å². The SMILES string of the molecule is Cc1ccc(CSc2nccn(-c3ccc(Cl)cc3)c2=O)cc1. The van der Waals surface area contributed by atoms with E-state index in [-0.39, 0.29) is 5.56 Å². The Bertz CT molecular complexity index is 857. The van der Waals surface area contributed by atoms with Gasteiger partial charge in [0.1, 0.15) is 0 Å². The molecular formula is C18H15ClN2OS. The lowest BCUT2D eigenvalue weighted by atomic mass is 10.2. The van der Waals surface area contributed by atoms with E-state index in [0.717, 1.165) is 5.69 Å². The second-order valence-electron chi connectivity index (χ2n) is 5.16. The van der Waals surface area contributed by atoms with E-state index >= 15 is 0 Å². The molecule has 0 bridgehead atoms. The van der Waals surface area contributed by atoms with Gasteiger partial charge in [-0.15, -0.1) is 0 Å². The zero-order chi connectivity index (χ0) is 16.2. The number of hydrogen-bond acceptors (Lipinski definition) is 3. The lowest BCUT2D eigenvalue weighted by molar-refractivity contribution is 0.882. The molecule has 0 N–H and O–H groups in total. The van der Waals surface area contributed by atoms with Crippen molar-refractivity contribution < 1.29 is 0 Å². The number of aromatic nitrogens is 2. The van der Waals surface area contributed by atoms with Gasteiger partial charge in [0.2, 0.25) is 0 Å². The Kier molecular flexibility index (Phi) is 4.84. The zero-order valence-corrected chi connectivity index (χ0v) is 14.1. The number of benzene rings is 2. The van der Waals surface area contributed by atoms with Crippen molar-refractivity contribution in [2.24, 2.45) is 0 Å². The van der Waals surface area contributed by atoms with Crippen molar-refractivity contribution >= 4 is 23.4 Å². The Balaban J connectivity index is 1.83. The van der Waals surface area contributed by atoms with Crippen LogP contribution in [0.1, 0.15) is 11.1 Å². The van der Waals surface area contributed by atoms with Crippen LogP contribution in [0.2, 0.25) is 5.02 Å². The van der Waals surface area contributed by atoms with Crippen molar-refractivity contribution in [3.05, 3.63) is 87.4 Å². The average molecular weight is 343 g/mol. The van der Waals surface area contributed by atoms with E-state index in [2.05, 4.69) is 36.2 Å². The average Bonchev–Trinajstić information content (AvgIpc) is 2.56. The predicted molar refractivity (Wildman–Crippen MR) is 95.6 cm³/mol. The lowest BCUT2D eigenvalue weighted by Gasteiger charge is -2.07. The topological polar surface area (TPSA) is 34.9 Å². The van der Waals surface area contributed by atoms with Crippen molar-refractivity contribution in [1.82, 2.24) is 9.55 Å². The molecule has 0 spiro atoms. The molecule has 0 saturated heterocycles. The van der Waals surface area contributed by atoms with Gasteiger partial charge in [-0.2, -0.15) is 0 Å². The first-order valence-electron chi connectivity index (χ1n) is 7.15. The standard InChI is InChI=1S/C18H15ClN2OS/c1-13-2-4-14(5-3-13)12-23-17-18(22)21(11-10-20-17)16-8-6-15(19)7-9-16/h2-11H,12H2,1H3. The first-order chi connectivity index (χ1) is 11.1. The summed E-state index contributed by atoms with van der Waals surface area (Å²) in [5, 5.41) is 1.13. The van der Waals surface area contributed by atoms with Crippen molar-refractivity contribution in [3.63, 3.8) is 0 Å². The van der Waals surface area contributed by atoms with Crippen molar-refractivity contribution in [1.29, 1.82) is 0 Å². The molecule has 1 heterocycles. The van der Waals surface area contributed by atoms with Gasteiger partial charge in [0.05, 0.1) is 0 Å². The van der Waals surface area contributed by atoms with Gasteiger partial charge in [-0.25, -0.2) is 4.98 Å². The molecule has 0 aliphatic carbocycles. The molecule has 0 aliphatic heterocycles. The fraction of sp³-hybridized carbons (Fsp3) is 0.111. The number of aryl methyl sites for hydroxylation is 1. The highest BCUT2D eigenvalue weighted by Gasteiger charge is 2.07. The number of nitrogens with zero attached hydrogens (tertiary/aromatic N) is 2. The van der Waals surface area contributed by atoms with E-state index in [1.807, 2.05) is 12.1 Å². The molecule has 0 aliphatic rings. The van der Waals surface area contributed by atoms with Crippen molar-refractivity contribution in [3.8, 4) is 5.69 Å². The van der Waals surface area contributed by atoms with Crippen molar-refractivity contribution in [2.45, 2.75) is 17.7 Å². The third-order valence-corrected chi connectivity index (χ3v) is 4.69. The van der Waals surface area contributed by atoms with E-state index in [0.29, 0.717) is 15.8 Å². The lowest BCUT2D eigenvalue weighted by Crippen LogP contribution is -2.20. The highest BCUT2D eigenvalue weighted by Crippen LogP contribution is 2.19. The van der Waals surface area contributed by atoms with E-state index in [4.69, 9.17) is 11.6 Å². The Morgan fingerprint density at radius 1 is 1.09 bits per heavy atom. The summed E-state index contributed by atoms with van der Waals surface area (Å²) in [6.45, 7) is 2.06. The zero-order valence-electron chi connectivity index (χ0n) is 12.6. The molecule has 23 heavy (non-hydrogen) atoms. The minimum absolute atomic E-state index is 0.119. The molecule has 0 amide bonds. The van der Waals surface area contributed by atoms with Gasteiger partial charge < -0.3 is 0 Å². The number of thioether (sulfide) groups is 1. The summed E-state index contributed by atoms with van der Waals surface area (Å²) in [6.07, 6.45) is 3.31. The Morgan fingerprint density at radius 3 is 2.48 bits per heavy atom. The highest BCUT2D eigenvalue weighted by molar-refractivity contribution is 7.98. The maximum atomic E-state index is 12.6. The van der Waals surface area contributed by atoms with Crippen LogP contribution in [0.15, 0.2) is 70.7 Å². The Morgan fingerprint density at radius 2 is 1.78 bits per heavy atom. The molecule has 3 nitrogen and oxygen atoms in total. The van der Waals surface area contributed by atoms with Gasteiger partial charge >= 0.3 is 0 Å². The Labute approximate surface area is 144 Å². The molecule has 3 rings (SSSR count). The summed E-state index contributed by atoms with van der Waals surface area (Å²) in [7, 11) is 0. The molecule has 116 valence electrons. The maximum absolute atomic E-state index is 12.6. The van der Waals surface area contributed by atoms with Gasteiger partial charge in [-0.05, 0) is 36.8 Å². The summed E-state index contributed by atoms with van der Waals surface area (Å²) in [5.74, 6) is 0.715. The predicted octanol–water partition coefficient (Wildman–Crippen LogP) is 4.49. The van der Waals surface area contributed by atoms with Crippen LogP contribution < -0.4 is 5.56 Å². The Hall–Kier alpha value is -2.04. The van der Waals surface area contributed by atoms with Crippen LogP contribution in [0.25, 0.3) is 5.69 Å². The van der Waals surface area contributed by atoms with E-state index in [1.165, 1.54) is 22.9 Å². The van der Waals surface area contributed by atoms with Crippen molar-refractivity contribution in [2.75, 3.05) is 0 Å². The van der Waals surface area contributed by atoms with Crippen LogP contribution in [-0.4, -0.2) is 9.55 Å². The van der Waals surface area contributed by atoms with Crippen LogP contribution in [0, 0.1) is 6.92 Å². The maximum Gasteiger partial charge on any atom is 0.287 e. The minimum Gasteiger partial charge on any atom is -0.280 e. The second-order valence-corrected chi connectivity index (χ2v) is 6.56. The van der Waals surface area contributed by atoms with Crippen LogP contribution in [0.3, 0.4) is 0 Å². The highest BCUT2D eigenvalue weighted by atomic mass is 35.5. The van der Waals surface area contributed by atoms with Crippen LogP contribution >= 0.6 is 23.4 Å². The summed E-state index contributed by atoms with van der Waals surface area (Å²) < 4.78 is 1.58. The monoisotopic (exact) mass is 342 g/mol. The number of rotatable bonds is 4. The second kappa shape index (κ2) is 7.02. The normalized spacial score (nSPS) is 10.7. The van der Waals surface area contributed by atoms with Gasteiger partial charge in [-0.1, -0.05) is 53.2 Å². The molecular weight excluding hydrogens is 328 g/mol. The first kappa shape index (κ1) is 15.8. The van der Waals surface area contributed by atoms with Crippen LogP contribution in [0.5, 0.6) is 0 Å². The molecule has 0 atom stereocenters. The van der Waals surface area contributed by atoms with E-state index in [1.54, 1.807) is 29.1 Å².